The molecule has 0 aliphatic heterocycles. The van der Waals surface area contributed by atoms with Crippen LogP contribution in [0.4, 0.5) is 0 Å². The molecule has 2 heterocycles. The van der Waals surface area contributed by atoms with Crippen molar-refractivity contribution < 1.29 is 4.79 Å². The summed E-state index contributed by atoms with van der Waals surface area (Å²) in [5.74, 6) is 0.0156. The van der Waals surface area contributed by atoms with Crippen LogP contribution in [0.3, 0.4) is 0 Å². The summed E-state index contributed by atoms with van der Waals surface area (Å²) in [5.41, 5.74) is 3.82. The van der Waals surface area contributed by atoms with Crippen LogP contribution < -0.4 is 0 Å². The highest BCUT2D eigenvalue weighted by molar-refractivity contribution is 5.95. The lowest BCUT2D eigenvalue weighted by Crippen LogP contribution is -2.32. The second-order valence-electron chi connectivity index (χ2n) is 5.82. The highest BCUT2D eigenvalue weighted by Gasteiger charge is 2.15. The molecule has 25 heavy (non-hydrogen) atoms. The lowest BCUT2D eigenvalue weighted by atomic mass is 10.1. The number of carbonyl (C=O) groups excluding carboxylic acids is 1. The van der Waals surface area contributed by atoms with Crippen molar-refractivity contribution in [2.75, 3.05) is 13.1 Å². The van der Waals surface area contributed by atoms with Crippen molar-refractivity contribution in [3.05, 3.63) is 84.4 Å². The van der Waals surface area contributed by atoms with E-state index in [9.17, 15) is 4.79 Å². The second-order valence-corrected chi connectivity index (χ2v) is 5.82. The van der Waals surface area contributed by atoms with Crippen molar-refractivity contribution in [1.82, 2.24) is 14.9 Å². The molecule has 0 radical (unpaired) electrons. The van der Waals surface area contributed by atoms with Crippen molar-refractivity contribution in [3.8, 4) is 11.1 Å². The summed E-state index contributed by atoms with van der Waals surface area (Å²) in [7, 11) is 0. The first kappa shape index (κ1) is 16.8. The van der Waals surface area contributed by atoms with Crippen molar-refractivity contribution >= 4 is 5.91 Å². The van der Waals surface area contributed by atoms with Gasteiger partial charge in [0.15, 0.2) is 0 Å². The van der Waals surface area contributed by atoms with Crippen LogP contribution in [0.15, 0.2) is 73.3 Å². The van der Waals surface area contributed by atoms with Gasteiger partial charge in [-0.05, 0) is 42.7 Å². The average Bonchev–Trinajstić information content (AvgIpc) is 2.70. The number of pyridine rings is 2. The molecule has 0 unspecified atom stereocenters. The van der Waals surface area contributed by atoms with Crippen LogP contribution in [0.25, 0.3) is 11.1 Å². The smallest absolute Gasteiger partial charge is 0.255 e. The Hall–Kier alpha value is -3.01. The lowest BCUT2D eigenvalue weighted by molar-refractivity contribution is 0.0766. The van der Waals surface area contributed by atoms with Crippen LogP contribution >= 0.6 is 0 Å². The summed E-state index contributed by atoms with van der Waals surface area (Å²) in [5, 5.41) is 0. The molecule has 126 valence electrons. The predicted octanol–water partition coefficient (Wildman–Crippen LogP) is 3.85. The highest BCUT2D eigenvalue weighted by Crippen LogP contribution is 2.19. The average molecular weight is 331 g/mol. The van der Waals surface area contributed by atoms with Gasteiger partial charge in [-0.25, -0.2) is 0 Å². The first-order chi connectivity index (χ1) is 12.3. The zero-order valence-electron chi connectivity index (χ0n) is 14.3. The van der Waals surface area contributed by atoms with Crippen LogP contribution in [-0.4, -0.2) is 33.9 Å². The third kappa shape index (κ3) is 4.29. The van der Waals surface area contributed by atoms with Gasteiger partial charge in [-0.1, -0.05) is 30.3 Å². The Bertz CT molecular complexity index is 819. The number of rotatable bonds is 6. The first-order valence-corrected chi connectivity index (χ1v) is 8.46. The summed E-state index contributed by atoms with van der Waals surface area (Å²) in [6.07, 6.45) is 7.80. The standard InChI is InChI=1S/C21H21N3O/c1-2-24(13-10-17-8-11-22-12-9-17)21(25)20-14-19(15-23-16-20)18-6-4-3-5-7-18/h3-9,11-12,14-16H,2,10,13H2,1H3. The molecule has 0 atom stereocenters. The van der Waals surface area contributed by atoms with Crippen LogP contribution in [0.2, 0.25) is 0 Å². The molecule has 1 aromatic carbocycles. The molecule has 0 aliphatic rings. The normalized spacial score (nSPS) is 10.4. The Morgan fingerprint density at radius 3 is 2.44 bits per heavy atom. The summed E-state index contributed by atoms with van der Waals surface area (Å²) in [6, 6.07) is 15.9. The first-order valence-electron chi connectivity index (χ1n) is 8.46. The van der Waals surface area contributed by atoms with Crippen molar-refractivity contribution in [2.24, 2.45) is 0 Å². The van der Waals surface area contributed by atoms with E-state index in [0.717, 1.165) is 17.5 Å². The third-order valence-electron chi connectivity index (χ3n) is 4.18. The maximum Gasteiger partial charge on any atom is 0.255 e. The molecular formula is C21H21N3O. The molecule has 0 bridgehead atoms. The van der Waals surface area contributed by atoms with Crippen molar-refractivity contribution in [2.45, 2.75) is 13.3 Å². The van der Waals surface area contributed by atoms with Gasteiger partial charge in [-0.3, -0.25) is 14.8 Å². The SMILES string of the molecule is CCN(CCc1ccncc1)C(=O)c1cncc(-c2ccccc2)c1. The minimum atomic E-state index is 0.0156. The topological polar surface area (TPSA) is 46.1 Å². The maximum absolute atomic E-state index is 12.9. The fourth-order valence-electron chi connectivity index (χ4n) is 2.74. The number of amides is 1. The maximum atomic E-state index is 12.9. The molecule has 3 rings (SSSR count). The van der Waals surface area contributed by atoms with Crippen molar-refractivity contribution in [1.29, 1.82) is 0 Å². The molecule has 0 aliphatic carbocycles. The van der Waals surface area contributed by atoms with Crippen LogP contribution in [-0.2, 0) is 6.42 Å². The molecular weight excluding hydrogens is 310 g/mol. The van der Waals surface area contributed by atoms with Gasteiger partial charge in [0.2, 0.25) is 0 Å². The zero-order valence-corrected chi connectivity index (χ0v) is 14.3. The fraction of sp³-hybridized carbons (Fsp3) is 0.190. The van der Waals surface area contributed by atoms with E-state index in [0.29, 0.717) is 18.7 Å². The van der Waals surface area contributed by atoms with Gasteiger partial charge >= 0.3 is 0 Å². The lowest BCUT2D eigenvalue weighted by Gasteiger charge is -2.21. The number of likely N-dealkylation sites (N-methyl/N-ethyl adjacent to an activating group) is 1. The number of hydrogen-bond acceptors (Lipinski definition) is 3. The van der Waals surface area contributed by atoms with Crippen LogP contribution in [0.5, 0.6) is 0 Å². The molecule has 3 aromatic rings. The largest absolute Gasteiger partial charge is 0.339 e. The van der Waals surface area contributed by atoms with Gasteiger partial charge in [0.05, 0.1) is 5.56 Å². The van der Waals surface area contributed by atoms with Crippen molar-refractivity contribution in [3.63, 3.8) is 0 Å². The summed E-state index contributed by atoms with van der Waals surface area (Å²) >= 11 is 0. The minimum Gasteiger partial charge on any atom is -0.339 e. The predicted molar refractivity (Wildman–Crippen MR) is 99.2 cm³/mol. The van der Waals surface area contributed by atoms with E-state index in [4.69, 9.17) is 0 Å². The monoisotopic (exact) mass is 331 g/mol. The van der Waals surface area contributed by atoms with Gasteiger partial charge in [-0.15, -0.1) is 0 Å². The zero-order chi connectivity index (χ0) is 17.5. The molecule has 0 N–H and O–H groups in total. The van der Waals surface area contributed by atoms with Gasteiger partial charge in [-0.2, -0.15) is 0 Å². The summed E-state index contributed by atoms with van der Waals surface area (Å²) < 4.78 is 0. The number of carbonyl (C=O) groups is 1. The third-order valence-corrected chi connectivity index (χ3v) is 4.18. The molecule has 4 nitrogen and oxygen atoms in total. The Balaban J connectivity index is 1.74. The van der Waals surface area contributed by atoms with E-state index >= 15 is 0 Å². The molecule has 0 fully saturated rings. The van der Waals surface area contributed by atoms with Gasteiger partial charge in [0.25, 0.3) is 5.91 Å². The Morgan fingerprint density at radius 2 is 1.72 bits per heavy atom. The quantitative estimate of drug-likeness (QED) is 0.689. The van der Waals surface area contributed by atoms with E-state index in [-0.39, 0.29) is 5.91 Å². The molecule has 4 heteroatoms. The second kappa shape index (κ2) is 8.20. The Labute approximate surface area is 148 Å². The number of nitrogens with zero attached hydrogens (tertiary/aromatic N) is 3. The molecule has 1 amide bonds. The summed E-state index contributed by atoms with van der Waals surface area (Å²) in [4.78, 5) is 23.0. The van der Waals surface area contributed by atoms with Crippen LogP contribution in [0, 0.1) is 0 Å². The fourth-order valence-corrected chi connectivity index (χ4v) is 2.74. The highest BCUT2D eigenvalue weighted by atomic mass is 16.2. The molecule has 0 saturated carbocycles. The minimum absolute atomic E-state index is 0.0156. The summed E-state index contributed by atoms with van der Waals surface area (Å²) in [6.45, 7) is 3.34. The van der Waals surface area contributed by atoms with Gasteiger partial charge in [0, 0.05) is 43.4 Å². The van der Waals surface area contributed by atoms with Gasteiger partial charge in [0.1, 0.15) is 0 Å². The van der Waals surface area contributed by atoms with Crippen LogP contribution in [0.1, 0.15) is 22.8 Å². The number of aromatic nitrogens is 2. The molecule has 0 saturated heterocycles. The van der Waals surface area contributed by atoms with E-state index < -0.39 is 0 Å². The van der Waals surface area contributed by atoms with E-state index in [1.54, 1.807) is 24.8 Å². The van der Waals surface area contributed by atoms with Gasteiger partial charge < -0.3 is 4.90 Å². The number of hydrogen-bond donors (Lipinski definition) is 0. The molecule has 2 aromatic heterocycles. The molecule has 0 spiro atoms. The Morgan fingerprint density at radius 1 is 0.960 bits per heavy atom. The van der Waals surface area contributed by atoms with E-state index in [2.05, 4.69) is 9.97 Å². The van der Waals surface area contributed by atoms with E-state index in [1.807, 2.05) is 60.4 Å². The number of benzene rings is 1. The Kier molecular flexibility index (Phi) is 5.52. The van der Waals surface area contributed by atoms with E-state index in [1.165, 1.54) is 5.56 Å².